The Labute approximate surface area is 94.9 Å². The van der Waals surface area contributed by atoms with Crippen molar-refractivity contribution < 1.29 is 4.74 Å². The minimum Gasteiger partial charge on any atom is -0.356 e. The van der Waals surface area contributed by atoms with Gasteiger partial charge in [0.15, 0.2) is 6.23 Å². The average Bonchev–Trinajstić information content (AvgIpc) is 2.39. The molecule has 1 heterocycles. The predicted octanol–water partition coefficient (Wildman–Crippen LogP) is 3.33. The van der Waals surface area contributed by atoms with Gasteiger partial charge in [-0.1, -0.05) is 48.5 Å². The lowest BCUT2D eigenvalue weighted by Gasteiger charge is -2.27. The number of fused-ring (bicyclic) bond motifs is 1. The van der Waals surface area contributed by atoms with Crippen molar-refractivity contribution in [3.8, 4) is 0 Å². The normalized spacial score (nSPS) is 18.6. The molecule has 1 aliphatic heterocycles. The Balaban J connectivity index is 1.89. The van der Waals surface area contributed by atoms with Crippen LogP contribution >= 0.6 is 0 Å². The highest BCUT2D eigenvalue weighted by Crippen LogP contribution is 2.29. The molecule has 0 aromatic heterocycles. The first-order valence-electron chi connectivity index (χ1n) is 5.44. The van der Waals surface area contributed by atoms with E-state index in [1.807, 2.05) is 30.3 Å². The van der Waals surface area contributed by atoms with Gasteiger partial charge in [0.2, 0.25) is 0 Å². The third-order valence-electron chi connectivity index (χ3n) is 2.81. The molecule has 2 nitrogen and oxygen atoms in total. The summed E-state index contributed by atoms with van der Waals surface area (Å²) < 4.78 is 5.78. The maximum absolute atomic E-state index is 5.78. The van der Waals surface area contributed by atoms with E-state index >= 15 is 0 Å². The van der Waals surface area contributed by atoms with Crippen LogP contribution in [0.2, 0.25) is 0 Å². The van der Waals surface area contributed by atoms with Crippen molar-refractivity contribution in [2.24, 2.45) is 0 Å². The molecule has 0 saturated heterocycles. The van der Waals surface area contributed by atoms with Crippen molar-refractivity contribution in [3.05, 3.63) is 65.7 Å². The number of para-hydroxylation sites is 1. The summed E-state index contributed by atoms with van der Waals surface area (Å²) in [6, 6.07) is 18.5. The van der Waals surface area contributed by atoms with Gasteiger partial charge in [-0.05, 0) is 6.07 Å². The van der Waals surface area contributed by atoms with E-state index in [0.29, 0.717) is 6.61 Å². The van der Waals surface area contributed by atoms with Gasteiger partial charge in [0.1, 0.15) is 0 Å². The summed E-state index contributed by atoms with van der Waals surface area (Å²) in [5.41, 5.74) is 3.55. The monoisotopic (exact) mass is 211 g/mol. The zero-order valence-corrected chi connectivity index (χ0v) is 8.89. The Morgan fingerprint density at radius 2 is 1.69 bits per heavy atom. The third kappa shape index (κ3) is 1.68. The zero-order chi connectivity index (χ0) is 10.8. The maximum atomic E-state index is 5.78. The number of ether oxygens (including phenoxy) is 1. The molecule has 0 aliphatic carbocycles. The van der Waals surface area contributed by atoms with Gasteiger partial charge in [-0.15, -0.1) is 0 Å². The van der Waals surface area contributed by atoms with Crippen LogP contribution in [0.1, 0.15) is 17.4 Å². The topological polar surface area (TPSA) is 21.3 Å². The number of anilines is 1. The van der Waals surface area contributed by atoms with Crippen molar-refractivity contribution in [3.63, 3.8) is 0 Å². The molecule has 16 heavy (non-hydrogen) atoms. The Bertz CT molecular complexity index is 481. The molecule has 0 amide bonds. The molecule has 1 aliphatic rings. The van der Waals surface area contributed by atoms with Gasteiger partial charge in [0, 0.05) is 16.8 Å². The van der Waals surface area contributed by atoms with E-state index in [9.17, 15) is 0 Å². The smallest absolute Gasteiger partial charge is 0.154 e. The first-order valence-corrected chi connectivity index (χ1v) is 5.44. The molecular weight excluding hydrogens is 198 g/mol. The molecule has 1 N–H and O–H groups in total. The van der Waals surface area contributed by atoms with Gasteiger partial charge in [0.05, 0.1) is 6.61 Å². The number of rotatable bonds is 1. The van der Waals surface area contributed by atoms with Gasteiger partial charge in [0.25, 0.3) is 0 Å². The van der Waals surface area contributed by atoms with Crippen LogP contribution in [0.5, 0.6) is 0 Å². The first-order chi connectivity index (χ1) is 7.93. The van der Waals surface area contributed by atoms with Crippen molar-refractivity contribution in [1.82, 2.24) is 0 Å². The zero-order valence-electron chi connectivity index (χ0n) is 8.89. The van der Waals surface area contributed by atoms with E-state index in [4.69, 9.17) is 4.74 Å². The highest BCUT2D eigenvalue weighted by Gasteiger charge is 2.18. The van der Waals surface area contributed by atoms with E-state index in [0.717, 1.165) is 5.56 Å². The quantitative estimate of drug-likeness (QED) is 0.781. The second kappa shape index (κ2) is 3.99. The van der Waals surface area contributed by atoms with Crippen LogP contribution in [0.4, 0.5) is 5.69 Å². The minimum atomic E-state index is -0.0314. The second-order valence-corrected chi connectivity index (χ2v) is 3.90. The summed E-state index contributed by atoms with van der Waals surface area (Å²) in [4.78, 5) is 0. The molecule has 0 saturated carbocycles. The highest BCUT2D eigenvalue weighted by molar-refractivity contribution is 5.53. The van der Waals surface area contributed by atoms with Crippen molar-refractivity contribution in [2.45, 2.75) is 12.8 Å². The van der Waals surface area contributed by atoms with Crippen LogP contribution in [0.25, 0.3) is 0 Å². The Hall–Kier alpha value is -1.80. The average molecular weight is 211 g/mol. The Morgan fingerprint density at radius 1 is 0.938 bits per heavy atom. The molecule has 1 atom stereocenters. The highest BCUT2D eigenvalue weighted by atomic mass is 16.5. The Morgan fingerprint density at radius 3 is 2.56 bits per heavy atom. The number of benzene rings is 2. The third-order valence-corrected chi connectivity index (χ3v) is 2.81. The van der Waals surface area contributed by atoms with Gasteiger partial charge < -0.3 is 10.1 Å². The number of hydrogen-bond donors (Lipinski definition) is 1. The van der Waals surface area contributed by atoms with Gasteiger partial charge in [-0.2, -0.15) is 0 Å². The largest absolute Gasteiger partial charge is 0.356 e. The molecule has 2 heteroatoms. The molecule has 2 aromatic rings. The molecule has 3 rings (SSSR count). The molecule has 80 valence electrons. The summed E-state index contributed by atoms with van der Waals surface area (Å²) in [6.45, 7) is 0.669. The number of nitrogens with one attached hydrogen (secondary N) is 1. The predicted molar refractivity (Wildman–Crippen MR) is 64.0 cm³/mol. The lowest BCUT2D eigenvalue weighted by atomic mass is 10.1. The SMILES string of the molecule is c1ccc(C2Nc3ccccc3CO2)cc1. The second-order valence-electron chi connectivity index (χ2n) is 3.90. The standard InChI is InChI=1S/C14H13NO/c1-2-6-11(7-3-1)14-15-13-9-5-4-8-12(13)10-16-14/h1-9,14-15H,10H2. The summed E-state index contributed by atoms with van der Waals surface area (Å²) in [5, 5.41) is 3.39. The van der Waals surface area contributed by atoms with Crippen LogP contribution in [0, 0.1) is 0 Å². The van der Waals surface area contributed by atoms with E-state index in [2.05, 4.69) is 29.6 Å². The fourth-order valence-electron chi connectivity index (χ4n) is 1.95. The van der Waals surface area contributed by atoms with Crippen LogP contribution < -0.4 is 5.32 Å². The van der Waals surface area contributed by atoms with Crippen molar-refractivity contribution in [2.75, 3.05) is 5.32 Å². The van der Waals surface area contributed by atoms with Gasteiger partial charge >= 0.3 is 0 Å². The van der Waals surface area contributed by atoms with E-state index in [-0.39, 0.29) is 6.23 Å². The Kier molecular flexibility index (Phi) is 2.35. The maximum Gasteiger partial charge on any atom is 0.154 e. The van der Waals surface area contributed by atoms with Gasteiger partial charge in [-0.25, -0.2) is 0 Å². The molecule has 0 fully saturated rings. The van der Waals surface area contributed by atoms with Crippen LogP contribution in [-0.2, 0) is 11.3 Å². The van der Waals surface area contributed by atoms with Gasteiger partial charge in [-0.3, -0.25) is 0 Å². The van der Waals surface area contributed by atoms with E-state index in [1.165, 1.54) is 11.3 Å². The van der Waals surface area contributed by atoms with E-state index in [1.54, 1.807) is 0 Å². The molecule has 0 radical (unpaired) electrons. The molecule has 2 aromatic carbocycles. The molecule has 1 unspecified atom stereocenters. The lowest BCUT2D eigenvalue weighted by molar-refractivity contribution is 0.0507. The molecule has 0 spiro atoms. The van der Waals surface area contributed by atoms with Crippen molar-refractivity contribution >= 4 is 5.69 Å². The minimum absolute atomic E-state index is 0.0314. The fraction of sp³-hybridized carbons (Fsp3) is 0.143. The van der Waals surface area contributed by atoms with Crippen LogP contribution in [0.15, 0.2) is 54.6 Å². The molecular formula is C14H13NO. The van der Waals surface area contributed by atoms with Crippen LogP contribution in [0.3, 0.4) is 0 Å². The first kappa shape index (κ1) is 9.43. The summed E-state index contributed by atoms with van der Waals surface area (Å²) in [7, 11) is 0. The lowest BCUT2D eigenvalue weighted by Crippen LogP contribution is -2.20. The molecule has 0 bridgehead atoms. The van der Waals surface area contributed by atoms with Crippen LogP contribution in [-0.4, -0.2) is 0 Å². The fourth-order valence-corrected chi connectivity index (χ4v) is 1.95. The van der Waals surface area contributed by atoms with E-state index < -0.39 is 0 Å². The van der Waals surface area contributed by atoms with Crippen molar-refractivity contribution in [1.29, 1.82) is 0 Å². The summed E-state index contributed by atoms with van der Waals surface area (Å²) in [6.07, 6.45) is -0.0314. The summed E-state index contributed by atoms with van der Waals surface area (Å²) >= 11 is 0. The summed E-state index contributed by atoms with van der Waals surface area (Å²) in [5.74, 6) is 0. The number of hydrogen-bond acceptors (Lipinski definition) is 2.